The van der Waals surface area contributed by atoms with Gasteiger partial charge in [0, 0.05) is 18.2 Å². The number of hydrogen-bond acceptors (Lipinski definition) is 4. The van der Waals surface area contributed by atoms with E-state index >= 15 is 0 Å². The molecule has 1 aliphatic heterocycles. The molecule has 0 bridgehead atoms. The summed E-state index contributed by atoms with van der Waals surface area (Å²) in [4.78, 5) is 25.6. The van der Waals surface area contributed by atoms with Gasteiger partial charge in [0.05, 0.1) is 11.3 Å². The Morgan fingerprint density at radius 2 is 1.69 bits per heavy atom. The van der Waals surface area contributed by atoms with Crippen LogP contribution in [0.2, 0.25) is 0 Å². The summed E-state index contributed by atoms with van der Waals surface area (Å²) in [6.45, 7) is 0.395. The van der Waals surface area contributed by atoms with Gasteiger partial charge in [0.15, 0.2) is 0 Å². The van der Waals surface area contributed by atoms with Crippen LogP contribution in [0.1, 0.15) is 31.8 Å². The van der Waals surface area contributed by atoms with Gasteiger partial charge in [0.25, 0.3) is 5.91 Å². The minimum atomic E-state index is -1.65. The van der Waals surface area contributed by atoms with Gasteiger partial charge in [-0.3, -0.25) is 9.59 Å². The van der Waals surface area contributed by atoms with Crippen LogP contribution in [0.5, 0.6) is 0 Å². The van der Waals surface area contributed by atoms with E-state index in [4.69, 9.17) is 0 Å². The van der Waals surface area contributed by atoms with Gasteiger partial charge in [-0.2, -0.15) is 0 Å². The summed E-state index contributed by atoms with van der Waals surface area (Å²) in [6, 6.07) is 23.6. The van der Waals surface area contributed by atoms with E-state index < -0.39 is 11.4 Å². The molecule has 0 aromatic heterocycles. The molecule has 2 N–H and O–H groups in total. The highest BCUT2D eigenvalue weighted by atomic mass is 32.2. The van der Waals surface area contributed by atoms with Gasteiger partial charge < -0.3 is 9.87 Å². The Morgan fingerprint density at radius 1 is 1.00 bits per heavy atom. The van der Waals surface area contributed by atoms with E-state index in [2.05, 4.69) is 10.0 Å². The number of allylic oxidation sites excluding steroid dienone is 1. The number of ketones is 1. The third kappa shape index (κ3) is 4.23. The standard InChI is InChI=1S/C23H18N2O3S/c26-22-19-14-18(23(27)24-15-17-9-5-2-6-10-17)11-12-20(19)25-29(28)21(22)13-16-7-3-1-4-8-16/h1-14,25H,15H2,(H,24,27)/b21-13-. The first kappa shape index (κ1) is 19.0. The number of rotatable bonds is 4. The SMILES string of the molecule is O=C(NCc1ccccc1)c1ccc2c(c1)C(=O)/C(=C/c1ccccc1)[S+]([O-])N2. The first-order chi connectivity index (χ1) is 14.1. The monoisotopic (exact) mass is 402 g/mol. The molecule has 0 saturated carbocycles. The summed E-state index contributed by atoms with van der Waals surface area (Å²) in [5, 5.41) is 2.85. The molecule has 4 rings (SSSR count). The molecule has 0 saturated heterocycles. The molecule has 3 aromatic rings. The zero-order valence-corrected chi connectivity index (χ0v) is 16.2. The van der Waals surface area contributed by atoms with Crippen molar-refractivity contribution >= 4 is 34.8 Å². The third-order valence-electron chi connectivity index (χ3n) is 4.55. The summed E-state index contributed by atoms with van der Waals surface area (Å²) in [7, 11) is 0. The second-order valence-electron chi connectivity index (χ2n) is 6.55. The molecule has 144 valence electrons. The molecule has 1 amide bonds. The maximum absolute atomic E-state index is 13.0. The van der Waals surface area contributed by atoms with Crippen molar-refractivity contribution in [2.45, 2.75) is 6.54 Å². The lowest BCUT2D eigenvalue weighted by Crippen LogP contribution is -2.28. The summed E-state index contributed by atoms with van der Waals surface area (Å²) in [6.07, 6.45) is 1.61. The molecule has 0 radical (unpaired) electrons. The van der Waals surface area contributed by atoms with Crippen LogP contribution in [-0.2, 0) is 17.9 Å². The topological polar surface area (TPSA) is 81.3 Å². The second-order valence-corrected chi connectivity index (χ2v) is 7.73. The lowest BCUT2D eigenvalue weighted by molar-refractivity contribution is 0.0951. The van der Waals surface area contributed by atoms with Gasteiger partial charge in [-0.1, -0.05) is 60.7 Å². The molecule has 3 aromatic carbocycles. The first-order valence-corrected chi connectivity index (χ1v) is 10.2. The van der Waals surface area contributed by atoms with E-state index in [9.17, 15) is 14.1 Å². The molecule has 6 heteroatoms. The van der Waals surface area contributed by atoms with E-state index in [0.29, 0.717) is 23.4 Å². The van der Waals surface area contributed by atoms with Crippen molar-refractivity contribution in [1.29, 1.82) is 0 Å². The van der Waals surface area contributed by atoms with Crippen molar-refractivity contribution in [2.75, 3.05) is 4.72 Å². The predicted molar refractivity (Wildman–Crippen MR) is 115 cm³/mol. The fourth-order valence-electron chi connectivity index (χ4n) is 3.03. The number of carbonyl (C=O) groups is 2. The Labute approximate surface area is 171 Å². The number of anilines is 1. The number of benzene rings is 3. The van der Waals surface area contributed by atoms with Gasteiger partial charge in [0.1, 0.15) is 11.4 Å². The van der Waals surface area contributed by atoms with Crippen molar-refractivity contribution in [3.8, 4) is 0 Å². The Hall–Kier alpha value is -3.35. The Balaban J connectivity index is 1.57. The minimum Gasteiger partial charge on any atom is -0.588 e. The highest BCUT2D eigenvalue weighted by Gasteiger charge is 2.34. The van der Waals surface area contributed by atoms with Crippen LogP contribution >= 0.6 is 0 Å². The largest absolute Gasteiger partial charge is 0.588 e. The summed E-state index contributed by atoms with van der Waals surface area (Å²) in [5.74, 6) is -0.622. The number of nitrogens with one attached hydrogen (secondary N) is 2. The van der Waals surface area contributed by atoms with Crippen molar-refractivity contribution < 1.29 is 14.1 Å². The van der Waals surface area contributed by atoms with Gasteiger partial charge >= 0.3 is 0 Å². The number of fused-ring (bicyclic) bond motifs is 1. The van der Waals surface area contributed by atoms with Gasteiger partial charge in [-0.15, -0.1) is 0 Å². The lowest BCUT2D eigenvalue weighted by atomic mass is 10.0. The average Bonchev–Trinajstić information content (AvgIpc) is 2.76. The van der Waals surface area contributed by atoms with Crippen molar-refractivity contribution in [3.05, 3.63) is 106 Å². The fourth-order valence-corrected chi connectivity index (χ4v) is 4.04. The zero-order valence-electron chi connectivity index (χ0n) is 15.4. The van der Waals surface area contributed by atoms with Crippen molar-refractivity contribution in [1.82, 2.24) is 5.32 Å². The van der Waals surface area contributed by atoms with Gasteiger partial charge in [-0.05, 0) is 29.3 Å². The number of amides is 1. The van der Waals surface area contributed by atoms with Crippen LogP contribution in [-0.4, -0.2) is 16.2 Å². The Morgan fingerprint density at radius 3 is 2.41 bits per heavy atom. The van der Waals surface area contributed by atoms with Crippen LogP contribution in [0.25, 0.3) is 6.08 Å². The molecule has 0 fully saturated rings. The van der Waals surface area contributed by atoms with Crippen LogP contribution in [0.4, 0.5) is 5.69 Å². The summed E-state index contributed by atoms with van der Waals surface area (Å²) in [5.41, 5.74) is 2.94. The van der Waals surface area contributed by atoms with Crippen LogP contribution in [0, 0.1) is 0 Å². The van der Waals surface area contributed by atoms with Crippen LogP contribution in [0.15, 0.2) is 83.8 Å². The Bertz CT molecular complexity index is 1080. The molecule has 1 unspecified atom stereocenters. The zero-order chi connectivity index (χ0) is 20.2. The minimum absolute atomic E-state index is 0.158. The highest BCUT2D eigenvalue weighted by Crippen LogP contribution is 2.31. The molecular formula is C23H18N2O3S. The van der Waals surface area contributed by atoms with E-state index in [-0.39, 0.29) is 16.6 Å². The maximum Gasteiger partial charge on any atom is 0.251 e. The second kappa shape index (κ2) is 8.34. The molecule has 1 aliphatic rings. The van der Waals surface area contributed by atoms with Crippen LogP contribution < -0.4 is 10.0 Å². The molecule has 0 aliphatic carbocycles. The lowest BCUT2D eigenvalue weighted by Gasteiger charge is -2.21. The molecular weight excluding hydrogens is 384 g/mol. The number of carbonyl (C=O) groups excluding carboxylic acids is 2. The normalized spacial score (nSPS) is 16.8. The van der Waals surface area contributed by atoms with Gasteiger partial charge in [-0.25, -0.2) is 4.72 Å². The third-order valence-corrected chi connectivity index (χ3v) is 5.65. The maximum atomic E-state index is 13.0. The first-order valence-electron chi connectivity index (χ1n) is 9.08. The van der Waals surface area contributed by atoms with Gasteiger partial charge in [0.2, 0.25) is 10.7 Å². The quantitative estimate of drug-likeness (QED) is 0.512. The highest BCUT2D eigenvalue weighted by molar-refractivity contribution is 7.97. The average molecular weight is 402 g/mol. The molecule has 1 atom stereocenters. The number of hydrogen-bond donors (Lipinski definition) is 2. The van der Waals surface area contributed by atoms with E-state index in [1.54, 1.807) is 24.3 Å². The van der Waals surface area contributed by atoms with E-state index in [0.717, 1.165) is 11.1 Å². The smallest absolute Gasteiger partial charge is 0.251 e. The molecule has 29 heavy (non-hydrogen) atoms. The molecule has 5 nitrogen and oxygen atoms in total. The van der Waals surface area contributed by atoms with E-state index in [1.807, 2.05) is 60.7 Å². The van der Waals surface area contributed by atoms with E-state index in [1.165, 1.54) is 0 Å². The fraction of sp³-hybridized carbons (Fsp3) is 0.0435. The molecule has 0 spiro atoms. The summed E-state index contributed by atoms with van der Waals surface area (Å²) < 4.78 is 15.3. The summed E-state index contributed by atoms with van der Waals surface area (Å²) >= 11 is -1.65. The van der Waals surface area contributed by atoms with Crippen molar-refractivity contribution in [3.63, 3.8) is 0 Å². The number of Topliss-reactive ketones (excluding diaryl/α,β-unsaturated/α-hetero) is 1. The van der Waals surface area contributed by atoms with Crippen LogP contribution in [0.3, 0.4) is 0 Å². The van der Waals surface area contributed by atoms with Crippen molar-refractivity contribution in [2.24, 2.45) is 0 Å². The molecule has 1 heterocycles. The Kier molecular flexibility index (Phi) is 5.46. The predicted octanol–water partition coefficient (Wildman–Crippen LogP) is 3.93.